The molecule has 7 heteroatoms. The van der Waals surface area contributed by atoms with Crippen molar-refractivity contribution in [3.05, 3.63) is 48.0 Å². The first kappa shape index (κ1) is 19.0. The molecule has 27 heavy (non-hydrogen) atoms. The zero-order chi connectivity index (χ0) is 19.2. The van der Waals surface area contributed by atoms with E-state index in [0.717, 1.165) is 15.8 Å². The van der Waals surface area contributed by atoms with E-state index in [-0.39, 0.29) is 12.1 Å². The van der Waals surface area contributed by atoms with Crippen LogP contribution >= 0.6 is 11.3 Å². The van der Waals surface area contributed by atoms with Crippen LogP contribution in [0, 0.1) is 0 Å². The molecule has 3 rings (SSSR count). The maximum absolute atomic E-state index is 12.3. The Morgan fingerprint density at radius 1 is 1.11 bits per heavy atom. The average Bonchev–Trinajstić information content (AvgIpc) is 3.05. The van der Waals surface area contributed by atoms with Gasteiger partial charge in [-0.2, -0.15) is 0 Å². The summed E-state index contributed by atoms with van der Waals surface area (Å²) in [7, 11) is 0. The van der Waals surface area contributed by atoms with Crippen molar-refractivity contribution in [2.75, 3.05) is 18.5 Å². The maximum atomic E-state index is 12.3. The number of thiazole rings is 1. The Morgan fingerprint density at radius 3 is 2.59 bits per heavy atom. The summed E-state index contributed by atoms with van der Waals surface area (Å²) >= 11 is 1.45. The van der Waals surface area contributed by atoms with Crippen LogP contribution in [0.3, 0.4) is 0 Å². The lowest BCUT2D eigenvalue weighted by atomic mass is 10.1. The first-order valence-electron chi connectivity index (χ1n) is 8.93. The molecule has 3 aromatic rings. The van der Waals surface area contributed by atoms with Crippen molar-refractivity contribution >= 4 is 32.7 Å². The summed E-state index contributed by atoms with van der Waals surface area (Å²) in [5, 5.41) is 6.31. The number of anilines is 1. The van der Waals surface area contributed by atoms with E-state index in [1.807, 2.05) is 63.2 Å². The van der Waals surface area contributed by atoms with Crippen molar-refractivity contribution in [2.45, 2.75) is 26.8 Å². The van der Waals surface area contributed by atoms with Gasteiger partial charge in [-0.15, -0.1) is 0 Å². The maximum Gasteiger partial charge on any atom is 0.321 e. The van der Waals surface area contributed by atoms with Gasteiger partial charge in [0.15, 0.2) is 16.6 Å². The van der Waals surface area contributed by atoms with Crippen molar-refractivity contribution in [1.82, 2.24) is 10.3 Å². The van der Waals surface area contributed by atoms with Crippen LogP contribution in [0.25, 0.3) is 10.2 Å². The molecule has 0 aliphatic carbocycles. The number of ether oxygens (including phenoxy) is 2. The molecular formula is C20H23N3O3S. The third-order valence-electron chi connectivity index (χ3n) is 3.93. The summed E-state index contributed by atoms with van der Waals surface area (Å²) in [5.41, 5.74) is 1.81. The van der Waals surface area contributed by atoms with E-state index in [1.165, 1.54) is 11.3 Å². The van der Waals surface area contributed by atoms with Crippen molar-refractivity contribution in [3.8, 4) is 11.5 Å². The number of carbonyl (C=O) groups excluding carboxylic acids is 1. The summed E-state index contributed by atoms with van der Waals surface area (Å²) < 4.78 is 12.3. The fourth-order valence-electron chi connectivity index (χ4n) is 2.68. The normalized spacial score (nSPS) is 11.8. The second kappa shape index (κ2) is 8.73. The zero-order valence-corrected chi connectivity index (χ0v) is 16.4. The molecule has 0 radical (unpaired) electrons. The molecule has 6 nitrogen and oxygen atoms in total. The third kappa shape index (κ3) is 4.68. The molecule has 1 atom stereocenters. The van der Waals surface area contributed by atoms with E-state index >= 15 is 0 Å². The number of amides is 2. The van der Waals surface area contributed by atoms with Gasteiger partial charge in [-0.25, -0.2) is 9.78 Å². The Kier molecular flexibility index (Phi) is 6.13. The minimum absolute atomic E-state index is 0.200. The number of fused-ring (bicyclic) bond motifs is 1. The molecule has 0 spiro atoms. The van der Waals surface area contributed by atoms with Gasteiger partial charge in [-0.05, 0) is 50.6 Å². The van der Waals surface area contributed by atoms with E-state index in [2.05, 4.69) is 15.6 Å². The van der Waals surface area contributed by atoms with Gasteiger partial charge in [0.05, 0.1) is 29.5 Å². The van der Waals surface area contributed by atoms with Crippen LogP contribution in [0.4, 0.5) is 9.93 Å². The molecule has 1 aromatic heterocycles. The second-order valence-corrected chi connectivity index (χ2v) is 6.91. The molecule has 2 aromatic carbocycles. The van der Waals surface area contributed by atoms with Crippen LogP contribution in [0.5, 0.6) is 11.5 Å². The molecule has 0 aliphatic rings. The SMILES string of the molecule is CCOc1ccc(C(C)NC(=O)Nc2nc3ccccc3s2)cc1OCC. The third-order valence-corrected chi connectivity index (χ3v) is 4.88. The fraction of sp³-hybridized carbons (Fsp3) is 0.300. The molecule has 0 fully saturated rings. The first-order chi connectivity index (χ1) is 13.1. The first-order valence-corrected chi connectivity index (χ1v) is 9.75. The minimum Gasteiger partial charge on any atom is -0.490 e. The van der Waals surface area contributed by atoms with Gasteiger partial charge in [0.25, 0.3) is 0 Å². The van der Waals surface area contributed by atoms with Gasteiger partial charge >= 0.3 is 6.03 Å². The Labute approximate surface area is 162 Å². The summed E-state index contributed by atoms with van der Waals surface area (Å²) in [6, 6.07) is 13.0. The van der Waals surface area contributed by atoms with Crippen molar-refractivity contribution in [3.63, 3.8) is 0 Å². The lowest BCUT2D eigenvalue weighted by Crippen LogP contribution is -2.31. The van der Waals surface area contributed by atoms with Gasteiger partial charge in [0.2, 0.25) is 0 Å². The van der Waals surface area contributed by atoms with Gasteiger partial charge in [-0.3, -0.25) is 5.32 Å². The van der Waals surface area contributed by atoms with Crippen molar-refractivity contribution in [1.29, 1.82) is 0 Å². The van der Waals surface area contributed by atoms with E-state index in [4.69, 9.17) is 9.47 Å². The standard InChI is InChI=1S/C20H23N3O3S/c1-4-25-16-11-10-14(12-17(16)26-5-2)13(3)21-19(24)23-20-22-15-8-6-7-9-18(15)27-20/h6-13H,4-5H2,1-3H3,(H2,21,22,23,24). The molecule has 0 saturated carbocycles. The Bertz CT molecular complexity index is 893. The van der Waals surface area contributed by atoms with Crippen LogP contribution in [0.1, 0.15) is 32.4 Å². The smallest absolute Gasteiger partial charge is 0.321 e. The number of nitrogens with zero attached hydrogens (tertiary/aromatic N) is 1. The van der Waals surface area contributed by atoms with Crippen LogP contribution in [0.15, 0.2) is 42.5 Å². The van der Waals surface area contributed by atoms with E-state index in [9.17, 15) is 4.79 Å². The van der Waals surface area contributed by atoms with Crippen LogP contribution in [-0.4, -0.2) is 24.2 Å². The van der Waals surface area contributed by atoms with Gasteiger partial charge < -0.3 is 14.8 Å². The number of hydrogen-bond donors (Lipinski definition) is 2. The largest absolute Gasteiger partial charge is 0.490 e. The van der Waals surface area contributed by atoms with Gasteiger partial charge in [0.1, 0.15) is 0 Å². The zero-order valence-electron chi connectivity index (χ0n) is 15.6. The van der Waals surface area contributed by atoms with E-state index < -0.39 is 0 Å². The fourth-order valence-corrected chi connectivity index (χ4v) is 3.54. The number of hydrogen-bond acceptors (Lipinski definition) is 5. The highest BCUT2D eigenvalue weighted by molar-refractivity contribution is 7.22. The molecule has 2 amide bonds. The Morgan fingerprint density at radius 2 is 1.85 bits per heavy atom. The number of para-hydroxylation sites is 1. The van der Waals surface area contributed by atoms with Gasteiger partial charge in [0, 0.05) is 0 Å². The van der Waals surface area contributed by atoms with E-state index in [0.29, 0.717) is 29.8 Å². The topological polar surface area (TPSA) is 72.5 Å². The van der Waals surface area contributed by atoms with Crippen LogP contribution in [0.2, 0.25) is 0 Å². The summed E-state index contributed by atoms with van der Waals surface area (Å²) in [6.45, 7) is 6.89. The highest BCUT2D eigenvalue weighted by atomic mass is 32.1. The van der Waals surface area contributed by atoms with Crippen molar-refractivity contribution < 1.29 is 14.3 Å². The quantitative estimate of drug-likeness (QED) is 0.602. The van der Waals surface area contributed by atoms with Crippen LogP contribution < -0.4 is 20.1 Å². The molecule has 0 bridgehead atoms. The molecule has 1 heterocycles. The number of carbonyl (C=O) groups is 1. The van der Waals surface area contributed by atoms with Crippen molar-refractivity contribution in [2.24, 2.45) is 0 Å². The lowest BCUT2D eigenvalue weighted by molar-refractivity contribution is 0.249. The average molecular weight is 385 g/mol. The highest BCUT2D eigenvalue weighted by Crippen LogP contribution is 2.31. The monoisotopic (exact) mass is 385 g/mol. The van der Waals surface area contributed by atoms with E-state index in [1.54, 1.807) is 0 Å². The van der Waals surface area contributed by atoms with Gasteiger partial charge in [-0.1, -0.05) is 29.5 Å². The van der Waals surface area contributed by atoms with Crippen LogP contribution in [-0.2, 0) is 0 Å². The molecule has 142 valence electrons. The molecule has 2 N–H and O–H groups in total. The number of urea groups is 1. The lowest BCUT2D eigenvalue weighted by Gasteiger charge is -2.17. The summed E-state index contributed by atoms with van der Waals surface area (Å²) in [4.78, 5) is 16.8. The summed E-state index contributed by atoms with van der Waals surface area (Å²) in [6.07, 6.45) is 0. The second-order valence-electron chi connectivity index (χ2n) is 5.88. The number of benzene rings is 2. The predicted molar refractivity (Wildman–Crippen MR) is 109 cm³/mol. The number of rotatable bonds is 7. The number of nitrogens with one attached hydrogen (secondary N) is 2. The highest BCUT2D eigenvalue weighted by Gasteiger charge is 2.14. The minimum atomic E-state index is -0.298. The molecule has 0 saturated heterocycles. The Balaban J connectivity index is 1.67. The number of aromatic nitrogens is 1. The molecule has 0 aliphatic heterocycles. The summed E-state index contributed by atoms with van der Waals surface area (Å²) in [5.74, 6) is 1.38. The molecular weight excluding hydrogens is 362 g/mol. The predicted octanol–water partition coefficient (Wildman–Crippen LogP) is 4.98. The molecule has 1 unspecified atom stereocenters. The Hall–Kier alpha value is -2.80.